The zero-order valence-electron chi connectivity index (χ0n) is 15.8. The number of sulfonamides is 1. The van der Waals surface area contributed by atoms with Crippen LogP contribution < -0.4 is 4.72 Å². The molecule has 8 nitrogen and oxygen atoms in total. The number of aryl methyl sites for hydroxylation is 1. The lowest BCUT2D eigenvalue weighted by atomic mass is 10.2. The highest BCUT2D eigenvalue weighted by molar-refractivity contribution is 7.93. The standard InChI is InChI=1S/C19H20N4O4S2/c1-27-19(24)17-15(10-12-28-17)29(25,26)22-14-8-6-13(7-9-14)18-21-20-16-5-3-2-4-11-23(16)18/h6-10,12,22H,2-5,11H2,1H3. The van der Waals surface area contributed by atoms with Gasteiger partial charge in [0.2, 0.25) is 0 Å². The van der Waals surface area contributed by atoms with Crippen molar-refractivity contribution >= 4 is 33.0 Å². The Balaban J connectivity index is 1.57. The van der Waals surface area contributed by atoms with Gasteiger partial charge in [-0.1, -0.05) is 6.42 Å². The molecule has 0 unspecified atom stereocenters. The number of aromatic nitrogens is 3. The first-order valence-electron chi connectivity index (χ1n) is 9.21. The molecule has 0 amide bonds. The van der Waals surface area contributed by atoms with Crippen molar-refractivity contribution in [1.82, 2.24) is 14.8 Å². The van der Waals surface area contributed by atoms with Gasteiger partial charge in [-0.3, -0.25) is 4.72 Å². The molecule has 0 spiro atoms. The van der Waals surface area contributed by atoms with Gasteiger partial charge in [-0.25, -0.2) is 13.2 Å². The summed E-state index contributed by atoms with van der Waals surface area (Å²) in [4.78, 5) is 11.7. The molecule has 0 saturated carbocycles. The van der Waals surface area contributed by atoms with E-state index in [1.165, 1.54) is 19.6 Å². The maximum absolute atomic E-state index is 12.7. The highest BCUT2D eigenvalue weighted by Crippen LogP contribution is 2.27. The monoisotopic (exact) mass is 432 g/mol. The Bertz CT molecular complexity index is 1130. The van der Waals surface area contributed by atoms with Crippen LogP contribution in [0, 0.1) is 0 Å². The largest absolute Gasteiger partial charge is 0.465 e. The van der Waals surface area contributed by atoms with Crippen LogP contribution in [0.15, 0.2) is 40.6 Å². The first kappa shape index (κ1) is 19.6. The maximum Gasteiger partial charge on any atom is 0.349 e. The highest BCUT2D eigenvalue weighted by Gasteiger charge is 2.25. The molecule has 152 valence electrons. The van der Waals surface area contributed by atoms with Crippen LogP contribution in [0.5, 0.6) is 0 Å². The fraction of sp³-hybridized carbons (Fsp3) is 0.316. The van der Waals surface area contributed by atoms with Crippen molar-refractivity contribution in [2.75, 3.05) is 11.8 Å². The van der Waals surface area contributed by atoms with Crippen LogP contribution in [0.1, 0.15) is 34.8 Å². The van der Waals surface area contributed by atoms with Gasteiger partial charge in [-0.05, 0) is 48.6 Å². The van der Waals surface area contributed by atoms with E-state index in [1.807, 2.05) is 12.1 Å². The van der Waals surface area contributed by atoms with E-state index >= 15 is 0 Å². The minimum Gasteiger partial charge on any atom is -0.465 e. The van der Waals surface area contributed by atoms with E-state index in [4.69, 9.17) is 0 Å². The lowest BCUT2D eigenvalue weighted by Gasteiger charge is -2.10. The number of nitrogens with one attached hydrogen (secondary N) is 1. The summed E-state index contributed by atoms with van der Waals surface area (Å²) in [6.45, 7) is 0.889. The zero-order valence-corrected chi connectivity index (χ0v) is 17.4. The molecule has 0 saturated heterocycles. The van der Waals surface area contributed by atoms with Gasteiger partial charge in [0.25, 0.3) is 10.0 Å². The second-order valence-electron chi connectivity index (χ2n) is 6.69. The lowest BCUT2D eigenvalue weighted by molar-refractivity contribution is 0.0602. The predicted octanol–water partition coefficient (Wildman–Crippen LogP) is 3.32. The summed E-state index contributed by atoms with van der Waals surface area (Å²) in [5, 5.41) is 10.2. The van der Waals surface area contributed by atoms with Gasteiger partial charge in [-0.2, -0.15) is 0 Å². The third kappa shape index (κ3) is 3.90. The van der Waals surface area contributed by atoms with Gasteiger partial charge in [0.15, 0.2) is 5.82 Å². The van der Waals surface area contributed by atoms with E-state index in [0.717, 1.165) is 54.4 Å². The van der Waals surface area contributed by atoms with Crippen molar-refractivity contribution < 1.29 is 17.9 Å². The molecule has 4 rings (SSSR count). The molecule has 3 heterocycles. The number of carbonyl (C=O) groups excluding carboxylic acids is 1. The van der Waals surface area contributed by atoms with E-state index in [0.29, 0.717) is 5.69 Å². The number of carbonyl (C=O) groups is 1. The van der Waals surface area contributed by atoms with E-state index in [9.17, 15) is 13.2 Å². The second kappa shape index (κ2) is 7.96. The average molecular weight is 433 g/mol. The number of esters is 1. The van der Waals surface area contributed by atoms with Gasteiger partial charge in [0, 0.05) is 24.2 Å². The van der Waals surface area contributed by atoms with E-state index in [2.05, 4.69) is 24.2 Å². The topological polar surface area (TPSA) is 103 Å². The first-order chi connectivity index (χ1) is 14.0. The van der Waals surface area contributed by atoms with Crippen LogP contribution in [-0.2, 0) is 27.7 Å². The highest BCUT2D eigenvalue weighted by atomic mass is 32.2. The van der Waals surface area contributed by atoms with Crippen LogP contribution >= 0.6 is 11.3 Å². The minimum atomic E-state index is -3.92. The molecule has 0 aliphatic carbocycles. The van der Waals surface area contributed by atoms with Crippen LogP contribution in [0.25, 0.3) is 11.4 Å². The third-order valence-electron chi connectivity index (χ3n) is 4.79. The first-order valence-corrected chi connectivity index (χ1v) is 11.6. The summed E-state index contributed by atoms with van der Waals surface area (Å²) < 4.78 is 34.7. The van der Waals surface area contributed by atoms with E-state index in [-0.39, 0.29) is 9.77 Å². The molecule has 0 fully saturated rings. The Morgan fingerprint density at radius 3 is 2.69 bits per heavy atom. The summed E-state index contributed by atoms with van der Waals surface area (Å²) in [6, 6.07) is 8.37. The van der Waals surface area contributed by atoms with Gasteiger partial charge < -0.3 is 9.30 Å². The van der Waals surface area contributed by atoms with Crippen LogP contribution in [0.2, 0.25) is 0 Å². The second-order valence-corrected chi connectivity index (χ2v) is 9.26. The summed E-state index contributed by atoms with van der Waals surface area (Å²) >= 11 is 1.02. The van der Waals surface area contributed by atoms with Crippen molar-refractivity contribution in [3.63, 3.8) is 0 Å². The van der Waals surface area contributed by atoms with Crippen LogP contribution in [0.3, 0.4) is 0 Å². The predicted molar refractivity (Wildman–Crippen MR) is 109 cm³/mol. The molecule has 0 atom stereocenters. The third-order valence-corrected chi connectivity index (χ3v) is 7.24. The summed E-state index contributed by atoms with van der Waals surface area (Å²) in [5.41, 5.74) is 1.27. The molecule has 1 aliphatic rings. The number of anilines is 1. The number of fused-ring (bicyclic) bond motifs is 1. The Morgan fingerprint density at radius 1 is 1.14 bits per heavy atom. The fourth-order valence-electron chi connectivity index (χ4n) is 3.35. The molecule has 1 aromatic carbocycles. The van der Waals surface area contributed by atoms with Crippen molar-refractivity contribution in [3.8, 4) is 11.4 Å². The van der Waals surface area contributed by atoms with Crippen molar-refractivity contribution in [2.45, 2.75) is 37.1 Å². The molecule has 29 heavy (non-hydrogen) atoms. The number of benzene rings is 1. The van der Waals surface area contributed by atoms with Gasteiger partial charge in [0.1, 0.15) is 15.6 Å². The number of ether oxygens (including phenoxy) is 1. The van der Waals surface area contributed by atoms with Gasteiger partial charge >= 0.3 is 5.97 Å². The molecular weight excluding hydrogens is 412 g/mol. The Kier molecular flexibility index (Phi) is 5.37. The number of hydrogen-bond donors (Lipinski definition) is 1. The summed E-state index contributed by atoms with van der Waals surface area (Å²) in [6.07, 6.45) is 4.32. The SMILES string of the molecule is COC(=O)c1sccc1S(=O)(=O)Nc1ccc(-c2nnc3n2CCCCC3)cc1. The quantitative estimate of drug-likeness (QED) is 0.621. The number of thiophene rings is 1. The average Bonchev–Trinajstić information content (AvgIpc) is 3.30. The Hall–Kier alpha value is -2.72. The Labute approximate surface area is 172 Å². The smallest absolute Gasteiger partial charge is 0.349 e. The molecule has 2 aromatic heterocycles. The molecule has 0 bridgehead atoms. The van der Waals surface area contributed by atoms with E-state index in [1.54, 1.807) is 17.5 Å². The summed E-state index contributed by atoms with van der Waals surface area (Å²) in [7, 11) is -2.70. The fourth-order valence-corrected chi connectivity index (χ4v) is 5.74. The van der Waals surface area contributed by atoms with Gasteiger partial charge in [-0.15, -0.1) is 21.5 Å². The van der Waals surface area contributed by atoms with Crippen molar-refractivity contribution in [2.24, 2.45) is 0 Å². The van der Waals surface area contributed by atoms with Crippen molar-refractivity contribution in [1.29, 1.82) is 0 Å². The molecule has 1 N–H and O–H groups in total. The number of hydrogen-bond acceptors (Lipinski definition) is 7. The number of nitrogens with zero attached hydrogens (tertiary/aromatic N) is 3. The normalized spacial score (nSPS) is 14.1. The van der Waals surface area contributed by atoms with Crippen LogP contribution in [-0.4, -0.2) is 36.3 Å². The zero-order chi connectivity index (χ0) is 20.4. The van der Waals surface area contributed by atoms with Crippen LogP contribution in [0.4, 0.5) is 5.69 Å². The minimum absolute atomic E-state index is 0.0442. The molecular formula is C19H20N4O4S2. The lowest BCUT2D eigenvalue weighted by Crippen LogP contribution is -2.15. The van der Waals surface area contributed by atoms with E-state index < -0.39 is 16.0 Å². The summed E-state index contributed by atoms with van der Waals surface area (Å²) in [5.74, 6) is 1.11. The molecule has 3 aromatic rings. The Morgan fingerprint density at radius 2 is 1.93 bits per heavy atom. The molecule has 1 aliphatic heterocycles. The number of methoxy groups -OCH3 is 1. The van der Waals surface area contributed by atoms with Crippen molar-refractivity contribution in [3.05, 3.63) is 46.4 Å². The maximum atomic E-state index is 12.7. The molecule has 10 heteroatoms. The van der Waals surface area contributed by atoms with Gasteiger partial charge in [0.05, 0.1) is 7.11 Å². The number of rotatable bonds is 5. The molecule has 0 radical (unpaired) electrons.